The van der Waals surface area contributed by atoms with Gasteiger partial charge in [0, 0.05) is 32.7 Å². The molecule has 1 N–H and O–H groups in total. The summed E-state index contributed by atoms with van der Waals surface area (Å²) in [7, 11) is 0. The van der Waals surface area contributed by atoms with Gasteiger partial charge in [0.1, 0.15) is 0 Å². The Morgan fingerprint density at radius 2 is 1.53 bits per heavy atom. The van der Waals surface area contributed by atoms with E-state index in [1.807, 2.05) is 0 Å². The molecule has 102 valence electrons. The third-order valence-corrected chi connectivity index (χ3v) is 3.53. The van der Waals surface area contributed by atoms with Gasteiger partial charge < -0.3 is 15.1 Å². The molecule has 1 saturated heterocycles. The van der Waals surface area contributed by atoms with Crippen molar-refractivity contribution in [3.8, 4) is 0 Å². The Morgan fingerprint density at radius 1 is 0.941 bits per heavy atom. The van der Waals surface area contributed by atoms with Crippen LogP contribution >= 0.6 is 0 Å². The minimum absolute atomic E-state index is 0.760. The Balaban J connectivity index is 2.08. The van der Waals surface area contributed by atoms with Gasteiger partial charge in [-0.3, -0.25) is 0 Å². The highest BCUT2D eigenvalue weighted by molar-refractivity contribution is 4.73. The maximum absolute atomic E-state index is 3.56. The lowest BCUT2D eigenvalue weighted by Crippen LogP contribution is -2.48. The third kappa shape index (κ3) is 6.39. The Morgan fingerprint density at radius 3 is 2.06 bits per heavy atom. The number of likely N-dealkylation sites (N-methyl/N-ethyl adjacent to an activating group) is 1. The van der Waals surface area contributed by atoms with Crippen molar-refractivity contribution < 1.29 is 0 Å². The summed E-state index contributed by atoms with van der Waals surface area (Å²) in [6, 6.07) is 0. The van der Waals surface area contributed by atoms with E-state index in [0.29, 0.717) is 0 Å². The number of piperazine rings is 1. The monoisotopic (exact) mass is 241 g/mol. The zero-order valence-electron chi connectivity index (χ0n) is 12.2. The predicted molar refractivity (Wildman–Crippen MR) is 75.4 cm³/mol. The van der Waals surface area contributed by atoms with Crippen LogP contribution in [0.2, 0.25) is 0 Å². The first-order chi connectivity index (χ1) is 8.11. The summed E-state index contributed by atoms with van der Waals surface area (Å²) in [5.74, 6) is 1.53. The summed E-state index contributed by atoms with van der Waals surface area (Å²) in [5.41, 5.74) is 0. The van der Waals surface area contributed by atoms with Crippen LogP contribution in [0.4, 0.5) is 0 Å². The molecular weight excluding hydrogens is 210 g/mol. The first-order valence-electron chi connectivity index (χ1n) is 7.27. The van der Waals surface area contributed by atoms with E-state index in [9.17, 15) is 0 Å². The summed E-state index contributed by atoms with van der Waals surface area (Å²) < 4.78 is 0. The molecule has 1 rings (SSSR count). The molecule has 0 spiro atoms. The van der Waals surface area contributed by atoms with Gasteiger partial charge in [-0.1, -0.05) is 27.7 Å². The molecule has 0 saturated carbocycles. The van der Waals surface area contributed by atoms with Crippen LogP contribution in [0, 0.1) is 11.8 Å². The molecule has 0 aromatic carbocycles. The highest BCUT2D eigenvalue weighted by Crippen LogP contribution is 2.05. The van der Waals surface area contributed by atoms with Gasteiger partial charge in [0.2, 0.25) is 0 Å². The summed E-state index contributed by atoms with van der Waals surface area (Å²) in [4.78, 5) is 5.16. The molecule has 17 heavy (non-hydrogen) atoms. The van der Waals surface area contributed by atoms with Crippen LogP contribution in [0.3, 0.4) is 0 Å². The summed E-state index contributed by atoms with van der Waals surface area (Å²) >= 11 is 0. The molecule has 0 radical (unpaired) electrons. The van der Waals surface area contributed by atoms with E-state index in [1.54, 1.807) is 0 Å². The molecule has 1 unspecified atom stereocenters. The molecule has 0 amide bonds. The number of nitrogens with zero attached hydrogens (tertiary/aromatic N) is 2. The van der Waals surface area contributed by atoms with Crippen LogP contribution in [0.15, 0.2) is 0 Å². The molecule has 3 heteroatoms. The van der Waals surface area contributed by atoms with Gasteiger partial charge in [-0.2, -0.15) is 0 Å². The largest absolute Gasteiger partial charge is 0.316 e. The number of nitrogens with one attached hydrogen (secondary N) is 1. The highest BCUT2D eigenvalue weighted by Gasteiger charge is 2.16. The van der Waals surface area contributed by atoms with Gasteiger partial charge in [-0.15, -0.1) is 0 Å². The number of hydrogen-bond acceptors (Lipinski definition) is 3. The van der Waals surface area contributed by atoms with Crippen LogP contribution in [-0.2, 0) is 0 Å². The van der Waals surface area contributed by atoms with Crippen molar-refractivity contribution in [3.05, 3.63) is 0 Å². The van der Waals surface area contributed by atoms with Crippen molar-refractivity contribution in [1.29, 1.82) is 0 Å². The van der Waals surface area contributed by atoms with Gasteiger partial charge in [-0.25, -0.2) is 0 Å². The van der Waals surface area contributed by atoms with Crippen molar-refractivity contribution in [1.82, 2.24) is 15.1 Å². The molecule has 0 aromatic rings. The predicted octanol–water partition coefficient (Wildman–Crippen LogP) is 1.51. The molecule has 0 aromatic heterocycles. The molecule has 3 nitrogen and oxygen atoms in total. The standard InChI is InChI=1S/C14H31N3/c1-5-16-6-8-17(9-7-16)12-14(4)11-15-10-13(2)3/h13-15H,5-12H2,1-4H3. The first kappa shape index (κ1) is 14.9. The van der Waals surface area contributed by atoms with Crippen molar-refractivity contribution in [2.24, 2.45) is 11.8 Å². The van der Waals surface area contributed by atoms with Gasteiger partial charge in [-0.05, 0) is 31.5 Å². The number of rotatable bonds is 7. The fourth-order valence-electron chi connectivity index (χ4n) is 2.41. The Kier molecular flexibility index (Phi) is 7.09. The Bertz CT molecular complexity index is 186. The quantitative estimate of drug-likeness (QED) is 0.729. The van der Waals surface area contributed by atoms with E-state index in [2.05, 4.69) is 42.8 Å². The van der Waals surface area contributed by atoms with Gasteiger partial charge in [0.25, 0.3) is 0 Å². The summed E-state index contributed by atoms with van der Waals surface area (Å²) in [6.45, 7) is 18.9. The average molecular weight is 241 g/mol. The smallest absolute Gasteiger partial charge is 0.0110 e. The summed E-state index contributed by atoms with van der Waals surface area (Å²) in [6.07, 6.45) is 0. The summed E-state index contributed by atoms with van der Waals surface area (Å²) in [5, 5.41) is 3.56. The maximum Gasteiger partial charge on any atom is 0.0110 e. The van der Waals surface area contributed by atoms with Crippen LogP contribution in [0.1, 0.15) is 27.7 Å². The third-order valence-electron chi connectivity index (χ3n) is 3.53. The lowest BCUT2D eigenvalue weighted by Gasteiger charge is -2.35. The van der Waals surface area contributed by atoms with Crippen molar-refractivity contribution >= 4 is 0 Å². The first-order valence-corrected chi connectivity index (χ1v) is 7.27. The van der Waals surface area contributed by atoms with E-state index in [4.69, 9.17) is 0 Å². The van der Waals surface area contributed by atoms with E-state index in [-0.39, 0.29) is 0 Å². The minimum atomic E-state index is 0.760. The molecular formula is C14H31N3. The fraction of sp³-hybridized carbons (Fsp3) is 1.00. The zero-order valence-corrected chi connectivity index (χ0v) is 12.2. The van der Waals surface area contributed by atoms with Crippen LogP contribution in [0.25, 0.3) is 0 Å². The normalized spacial score (nSPS) is 21.0. The van der Waals surface area contributed by atoms with Crippen molar-refractivity contribution in [2.45, 2.75) is 27.7 Å². The van der Waals surface area contributed by atoms with Gasteiger partial charge >= 0.3 is 0 Å². The Labute approximate surface area is 108 Å². The van der Waals surface area contributed by atoms with Crippen molar-refractivity contribution in [3.63, 3.8) is 0 Å². The van der Waals surface area contributed by atoms with Gasteiger partial charge in [0.05, 0.1) is 0 Å². The van der Waals surface area contributed by atoms with E-state index >= 15 is 0 Å². The molecule has 0 aliphatic carbocycles. The van der Waals surface area contributed by atoms with E-state index in [0.717, 1.165) is 24.9 Å². The van der Waals surface area contributed by atoms with E-state index in [1.165, 1.54) is 39.3 Å². The second kappa shape index (κ2) is 8.06. The molecule has 1 heterocycles. The van der Waals surface area contributed by atoms with Crippen LogP contribution < -0.4 is 5.32 Å². The lowest BCUT2D eigenvalue weighted by molar-refractivity contribution is 0.124. The zero-order chi connectivity index (χ0) is 12.7. The lowest BCUT2D eigenvalue weighted by atomic mass is 10.1. The molecule has 0 bridgehead atoms. The second-order valence-electron chi connectivity index (χ2n) is 5.89. The SMILES string of the molecule is CCN1CCN(CC(C)CNCC(C)C)CC1. The minimum Gasteiger partial charge on any atom is -0.316 e. The topological polar surface area (TPSA) is 18.5 Å². The molecule has 1 fully saturated rings. The number of hydrogen-bond donors (Lipinski definition) is 1. The average Bonchev–Trinajstić information content (AvgIpc) is 2.29. The van der Waals surface area contributed by atoms with Gasteiger partial charge in [0.15, 0.2) is 0 Å². The van der Waals surface area contributed by atoms with Crippen molar-refractivity contribution in [2.75, 3.05) is 52.4 Å². The second-order valence-corrected chi connectivity index (χ2v) is 5.89. The molecule has 1 aliphatic heterocycles. The maximum atomic E-state index is 3.56. The fourth-order valence-corrected chi connectivity index (χ4v) is 2.41. The van der Waals surface area contributed by atoms with E-state index < -0.39 is 0 Å². The molecule has 1 atom stereocenters. The van der Waals surface area contributed by atoms with Crippen LogP contribution in [-0.4, -0.2) is 62.2 Å². The Hall–Kier alpha value is -0.120. The molecule has 1 aliphatic rings. The van der Waals surface area contributed by atoms with Crippen LogP contribution in [0.5, 0.6) is 0 Å². The highest BCUT2D eigenvalue weighted by atomic mass is 15.3.